The molecule has 0 radical (unpaired) electrons. The number of hydrogen-bond acceptors (Lipinski definition) is 5. The number of rotatable bonds is 1. The second-order valence-corrected chi connectivity index (χ2v) is 2.46. The van der Waals surface area contributed by atoms with Crippen LogP contribution < -0.4 is 0 Å². The summed E-state index contributed by atoms with van der Waals surface area (Å²) in [4.78, 5) is 12.1. The van der Waals surface area contributed by atoms with Gasteiger partial charge in [-0.15, -0.1) is 0 Å². The van der Waals surface area contributed by atoms with Crippen LogP contribution in [0.15, 0.2) is 11.5 Å². The molecule has 11 heavy (non-hydrogen) atoms. The maximum Gasteiger partial charge on any atom is 0.379 e. The van der Waals surface area contributed by atoms with Crippen LogP contribution >= 0.6 is 0 Å². The van der Waals surface area contributed by atoms with Gasteiger partial charge >= 0.3 is 5.97 Å². The van der Waals surface area contributed by atoms with Gasteiger partial charge in [-0.1, -0.05) is 0 Å². The lowest BCUT2D eigenvalue weighted by Crippen LogP contribution is -2.30. The molecule has 0 fully saturated rings. The van der Waals surface area contributed by atoms with E-state index in [1.165, 1.54) is 4.90 Å². The van der Waals surface area contributed by atoms with Crippen molar-refractivity contribution in [2.45, 2.75) is 6.23 Å². The zero-order valence-corrected chi connectivity index (χ0v) is 6.24. The minimum Gasteiger partial charge on any atom is -0.504 e. The van der Waals surface area contributed by atoms with Crippen molar-refractivity contribution in [2.24, 2.45) is 0 Å². The molecule has 0 bridgehead atoms. The third-order valence-corrected chi connectivity index (χ3v) is 1.36. The summed E-state index contributed by atoms with van der Waals surface area (Å²) in [6.45, 7) is 0. The van der Waals surface area contributed by atoms with Gasteiger partial charge in [0.15, 0.2) is 5.76 Å². The van der Waals surface area contributed by atoms with E-state index in [0.717, 1.165) is 0 Å². The molecule has 1 unspecified atom stereocenters. The minimum atomic E-state index is -0.888. The highest BCUT2D eigenvalue weighted by Crippen LogP contribution is 2.19. The highest BCUT2D eigenvalue weighted by Gasteiger charge is 2.35. The highest BCUT2D eigenvalue weighted by molar-refractivity contribution is 5.88. The van der Waals surface area contributed by atoms with E-state index in [4.69, 9.17) is 10.2 Å². The van der Waals surface area contributed by atoms with Crippen molar-refractivity contribution in [3.8, 4) is 0 Å². The molecule has 5 nitrogen and oxygen atoms in total. The summed E-state index contributed by atoms with van der Waals surface area (Å²) in [7, 11) is 3.24. The average molecular weight is 159 g/mol. The molecule has 62 valence electrons. The van der Waals surface area contributed by atoms with Crippen LogP contribution in [0.1, 0.15) is 0 Å². The van der Waals surface area contributed by atoms with Crippen LogP contribution in [-0.2, 0) is 9.53 Å². The Morgan fingerprint density at radius 3 is 2.18 bits per heavy atom. The summed E-state index contributed by atoms with van der Waals surface area (Å²) < 4.78 is 4.56. The van der Waals surface area contributed by atoms with E-state index >= 15 is 0 Å². The molecule has 0 aromatic carbocycles. The molecule has 5 heteroatoms. The van der Waals surface area contributed by atoms with Crippen molar-refractivity contribution in [1.29, 1.82) is 0 Å². The van der Waals surface area contributed by atoms with E-state index in [2.05, 4.69) is 4.74 Å². The lowest BCUT2D eigenvalue weighted by Gasteiger charge is -2.16. The number of aliphatic hydroxyl groups excluding tert-OH is 2. The van der Waals surface area contributed by atoms with E-state index in [1.807, 2.05) is 0 Å². The number of likely N-dealkylation sites (N-methyl/N-ethyl adjacent to an activating group) is 1. The van der Waals surface area contributed by atoms with Crippen molar-refractivity contribution < 1.29 is 19.7 Å². The number of hydrogen-bond donors (Lipinski definition) is 2. The molecule has 0 aromatic heterocycles. The van der Waals surface area contributed by atoms with Gasteiger partial charge in [0.1, 0.15) is 0 Å². The lowest BCUT2D eigenvalue weighted by atomic mass is 10.4. The predicted molar refractivity (Wildman–Crippen MR) is 35.9 cm³/mol. The van der Waals surface area contributed by atoms with Crippen LogP contribution in [0.2, 0.25) is 0 Å². The molecule has 1 rings (SSSR count). The van der Waals surface area contributed by atoms with Gasteiger partial charge in [0.25, 0.3) is 0 Å². The van der Waals surface area contributed by atoms with E-state index in [0.29, 0.717) is 0 Å². The minimum absolute atomic E-state index is 0.431. The van der Waals surface area contributed by atoms with Crippen LogP contribution in [0, 0.1) is 0 Å². The number of aliphatic hydroxyl groups is 2. The molecule has 1 aliphatic rings. The number of cyclic esters (lactones) is 1. The average Bonchev–Trinajstić information content (AvgIpc) is 2.17. The second kappa shape index (κ2) is 2.43. The maximum absolute atomic E-state index is 10.6. The smallest absolute Gasteiger partial charge is 0.379 e. The quantitative estimate of drug-likeness (QED) is 0.516. The molecule has 1 heterocycles. The Bertz CT molecular complexity index is 221. The van der Waals surface area contributed by atoms with E-state index in [-0.39, 0.29) is 0 Å². The Labute approximate surface area is 63.5 Å². The number of esters is 1. The zero-order valence-electron chi connectivity index (χ0n) is 6.24. The fraction of sp³-hybridized carbons (Fsp3) is 0.500. The van der Waals surface area contributed by atoms with Crippen LogP contribution in [-0.4, -0.2) is 41.4 Å². The van der Waals surface area contributed by atoms with Crippen molar-refractivity contribution >= 4 is 5.97 Å². The molecular formula is C6H9NO4. The Balaban J connectivity index is 2.86. The fourth-order valence-electron chi connectivity index (χ4n) is 0.785. The molecule has 0 aromatic rings. The number of carbonyl (C=O) groups excluding carboxylic acids is 1. The van der Waals surface area contributed by atoms with Crippen LogP contribution in [0.3, 0.4) is 0 Å². The summed E-state index contributed by atoms with van der Waals surface area (Å²) >= 11 is 0. The Morgan fingerprint density at radius 2 is 2.00 bits per heavy atom. The molecule has 1 atom stereocenters. The lowest BCUT2D eigenvalue weighted by molar-refractivity contribution is -0.147. The molecule has 0 saturated carbocycles. The molecule has 1 aliphatic heterocycles. The Kier molecular flexibility index (Phi) is 1.74. The molecular weight excluding hydrogens is 150 g/mol. The fourth-order valence-corrected chi connectivity index (χ4v) is 0.785. The third-order valence-electron chi connectivity index (χ3n) is 1.36. The van der Waals surface area contributed by atoms with E-state index in [1.54, 1.807) is 14.1 Å². The van der Waals surface area contributed by atoms with Gasteiger partial charge in [-0.05, 0) is 14.1 Å². The van der Waals surface area contributed by atoms with Gasteiger partial charge in [-0.25, -0.2) is 4.79 Å². The van der Waals surface area contributed by atoms with Gasteiger partial charge in [-0.3, -0.25) is 4.90 Å². The first-order valence-electron chi connectivity index (χ1n) is 3.03. The normalized spacial score (nSPS) is 24.6. The zero-order chi connectivity index (χ0) is 8.59. The molecule has 0 aliphatic carbocycles. The van der Waals surface area contributed by atoms with Crippen LogP contribution in [0.25, 0.3) is 0 Å². The standard InChI is InChI=1S/C6H9NO4/c1-7(2)5-3(8)4(9)6(10)11-5/h5,8-9H,1-2H3. The van der Waals surface area contributed by atoms with Gasteiger partial charge in [0.2, 0.25) is 12.0 Å². The summed E-state index contributed by atoms with van der Waals surface area (Å²) in [5.41, 5.74) is 0. The summed E-state index contributed by atoms with van der Waals surface area (Å²) in [6, 6.07) is 0. The second-order valence-electron chi connectivity index (χ2n) is 2.46. The van der Waals surface area contributed by atoms with E-state index in [9.17, 15) is 4.79 Å². The topological polar surface area (TPSA) is 70.0 Å². The third kappa shape index (κ3) is 1.14. The van der Waals surface area contributed by atoms with Gasteiger partial charge in [-0.2, -0.15) is 0 Å². The SMILES string of the molecule is CN(C)C1OC(=O)C(O)=C1O. The first kappa shape index (κ1) is 7.87. The Morgan fingerprint density at radius 1 is 1.45 bits per heavy atom. The molecule has 0 amide bonds. The van der Waals surface area contributed by atoms with Crippen molar-refractivity contribution in [3.63, 3.8) is 0 Å². The van der Waals surface area contributed by atoms with Gasteiger partial charge in [0.05, 0.1) is 0 Å². The van der Waals surface area contributed by atoms with Crippen molar-refractivity contribution in [3.05, 3.63) is 11.5 Å². The summed E-state index contributed by atoms with van der Waals surface area (Å²) in [5.74, 6) is -2.02. The maximum atomic E-state index is 10.6. The van der Waals surface area contributed by atoms with E-state index < -0.39 is 23.7 Å². The molecule has 2 N–H and O–H groups in total. The van der Waals surface area contributed by atoms with Crippen LogP contribution in [0.4, 0.5) is 0 Å². The number of nitrogens with zero attached hydrogens (tertiary/aromatic N) is 1. The largest absolute Gasteiger partial charge is 0.504 e. The Hall–Kier alpha value is -1.23. The summed E-state index contributed by atoms with van der Waals surface area (Å²) in [6.07, 6.45) is -0.845. The van der Waals surface area contributed by atoms with Crippen molar-refractivity contribution in [2.75, 3.05) is 14.1 Å². The first-order chi connectivity index (χ1) is 5.04. The van der Waals surface area contributed by atoms with Crippen LogP contribution in [0.5, 0.6) is 0 Å². The predicted octanol–water partition coefficient (Wildman–Crippen LogP) is -0.242. The molecule has 0 saturated heterocycles. The first-order valence-corrected chi connectivity index (χ1v) is 3.03. The monoisotopic (exact) mass is 159 g/mol. The summed E-state index contributed by atoms with van der Waals surface area (Å²) in [5, 5.41) is 17.9. The molecule has 0 spiro atoms. The highest BCUT2D eigenvalue weighted by atomic mass is 16.6. The van der Waals surface area contributed by atoms with Gasteiger partial charge in [0, 0.05) is 0 Å². The number of ether oxygens (including phenoxy) is 1. The number of carbonyl (C=O) groups is 1. The van der Waals surface area contributed by atoms with Crippen molar-refractivity contribution in [1.82, 2.24) is 4.90 Å². The van der Waals surface area contributed by atoms with Gasteiger partial charge < -0.3 is 14.9 Å².